The molecule has 274 valence electrons. The van der Waals surface area contributed by atoms with Gasteiger partial charge in [-0.15, -0.1) is 0 Å². The predicted molar refractivity (Wildman–Crippen MR) is 196 cm³/mol. The van der Waals surface area contributed by atoms with Gasteiger partial charge in [0.25, 0.3) is 5.91 Å². The molecule has 0 radical (unpaired) electrons. The zero-order valence-corrected chi connectivity index (χ0v) is 30.2. The number of fused-ring (bicyclic) bond motifs is 1. The van der Waals surface area contributed by atoms with Crippen molar-refractivity contribution >= 4 is 64.6 Å². The lowest BCUT2D eigenvalue weighted by Gasteiger charge is -2.23. The Bertz CT molecular complexity index is 1940. The van der Waals surface area contributed by atoms with E-state index in [1.54, 1.807) is 70.4 Å². The summed E-state index contributed by atoms with van der Waals surface area (Å²) < 4.78 is 6.40. The van der Waals surface area contributed by atoms with E-state index in [0.717, 1.165) is 0 Å². The first-order chi connectivity index (χ1) is 24.8. The van der Waals surface area contributed by atoms with Crippen molar-refractivity contribution in [2.24, 2.45) is 0 Å². The Morgan fingerprint density at radius 1 is 1.00 bits per heavy atom. The van der Waals surface area contributed by atoms with Gasteiger partial charge in [0.1, 0.15) is 11.7 Å². The number of carboxylic acid groups (broad SMARTS) is 1. The topological polar surface area (TPSA) is 193 Å². The van der Waals surface area contributed by atoms with E-state index >= 15 is 0 Å². The highest BCUT2D eigenvalue weighted by atomic mass is 32.2. The fourth-order valence-corrected chi connectivity index (χ4v) is 5.95. The van der Waals surface area contributed by atoms with Crippen LogP contribution in [0.3, 0.4) is 0 Å². The number of hydrogen-bond donors (Lipinski definition) is 4. The van der Waals surface area contributed by atoms with Crippen LogP contribution in [0.5, 0.6) is 0 Å². The van der Waals surface area contributed by atoms with Crippen molar-refractivity contribution in [1.29, 1.82) is 0 Å². The molecule has 1 atom stereocenters. The summed E-state index contributed by atoms with van der Waals surface area (Å²) in [6.45, 7) is 4.72. The van der Waals surface area contributed by atoms with E-state index in [-0.39, 0.29) is 44.8 Å². The number of benzene rings is 2. The second-order valence-corrected chi connectivity index (χ2v) is 13.7. The lowest BCUT2D eigenvalue weighted by Crippen LogP contribution is -2.44. The number of rotatable bonds is 15. The molecule has 0 saturated heterocycles. The number of aliphatic hydroxyl groups is 1. The number of hydrogen-bond acceptors (Lipinski definition) is 10. The van der Waals surface area contributed by atoms with Crippen molar-refractivity contribution in [1.82, 2.24) is 30.3 Å². The second kappa shape index (κ2) is 18.1. The minimum atomic E-state index is -1.50. The number of carbonyl (C=O) groups excluding carboxylic acids is 4. The Balaban J connectivity index is 1.60. The first kappa shape index (κ1) is 39.2. The lowest BCUT2D eigenvalue weighted by atomic mass is 10.1. The van der Waals surface area contributed by atoms with Crippen LogP contribution in [0, 0.1) is 0 Å². The smallest absolute Gasteiger partial charge is 0.345 e. The van der Waals surface area contributed by atoms with Crippen LogP contribution in [0.2, 0.25) is 0 Å². The molecule has 4 rings (SSSR count). The van der Waals surface area contributed by atoms with Crippen LogP contribution < -0.4 is 10.6 Å². The number of aromatic nitrogens is 3. The van der Waals surface area contributed by atoms with Crippen molar-refractivity contribution in [3.63, 3.8) is 0 Å². The molecule has 2 aromatic heterocycles. The molecule has 0 aliphatic heterocycles. The molecular weight excluding hydrogens is 689 g/mol. The fraction of sp³-hybridized carbons (Fsp3) is 0.324. The van der Waals surface area contributed by atoms with Gasteiger partial charge in [-0.25, -0.2) is 4.79 Å². The van der Waals surface area contributed by atoms with E-state index in [9.17, 15) is 34.2 Å². The highest BCUT2D eigenvalue weighted by Crippen LogP contribution is 2.34. The van der Waals surface area contributed by atoms with Crippen LogP contribution in [0.1, 0.15) is 61.8 Å². The van der Waals surface area contributed by atoms with Gasteiger partial charge in [-0.3, -0.25) is 24.2 Å². The van der Waals surface area contributed by atoms with Gasteiger partial charge in [-0.05, 0) is 81.8 Å². The number of ether oxygens (including phenoxy) is 1. The van der Waals surface area contributed by atoms with E-state index in [0.29, 0.717) is 37.6 Å². The number of esters is 1. The molecule has 15 heteroatoms. The minimum absolute atomic E-state index is 0.106. The summed E-state index contributed by atoms with van der Waals surface area (Å²) in [7, 11) is 1.55. The Morgan fingerprint density at radius 2 is 1.75 bits per heavy atom. The van der Waals surface area contributed by atoms with Crippen molar-refractivity contribution in [3.05, 3.63) is 83.8 Å². The standard InChI is InChI=1S/C37H42N6O8S/c1-37(2,3)51-33(47)17-16-30(44)35(49)40-20-22-42(21-18-32(45)46)36(50)43-29-23-25(52-31-11-6-5-10-27(31)34(48)38-4)13-14-26(29)28(41-43)15-12-24-9-7-8-19-39-24/h5-15,19,23,30,44H,16-18,20-22H2,1-4H3,(H,38,48)(H,40,49)(H,45,46)/b15-12+/t30-/m0/s1. The van der Waals surface area contributed by atoms with Gasteiger partial charge in [0.2, 0.25) is 5.91 Å². The maximum Gasteiger partial charge on any atom is 0.345 e. The van der Waals surface area contributed by atoms with Crippen LogP contribution in [-0.2, 0) is 19.1 Å². The van der Waals surface area contributed by atoms with Gasteiger partial charge in [0, 0.05) is 54.5 Å². The fourth-order valence-electron chi connectivity index (χ4n) is 4.97. The number of carboxylic acids is 1. The average molecular weight is 731 g/mol. The third-order valence-corrected chi connectivity index (χ3v) is 8.51. The Labute approximate surface area is 305 Å². The number of nitrogens with zero attached hydrogens (tertiary/aromatic N) is 4. The maximum atomic E-state index is 14.1. The van der Waals surface area contributed by atoms with Gasteiger partial charge >= 0.3 is 18.0 Å². The summed E-state index contributed by atoms with van der Waals surface area (Å²) in [5.74, 6) is -2.68. The molecule has 4 aromatic rings. The Morgan fingerprint density at radius 3 is 2.44 bits per heavy atom. The molecular formula is C37H42N6O8S. The van der Waals surface area contributed by atoms with Crippen molar-refractivity contribution in [3.8, 4) is 0 Å². The Hall–Kier alpha value is -5.54. The molecule has 0 unspecified atom stereocenters. The van der Waals surface area contributed by atoms with Crippen LogP contribution in [0.25, 0.3) is 23.1 Å². The largest absolute Gasteiger partial charge is 0.481 e. The second-order valence-electron chi connectivity index (χ2n) is 12.6. The molecule has 0 aliphatic carbocycles. The van der Waals surface area contributed by atoms with E-state index in [1.807, 2.05) is 36.4 Å². The van der Waals surface area contributed by atoms with Gasteiger partial charge < -0.3 is 30.5 Å². The third kappa shape index (κ3) is 11.2. The molecule has 52 heavy (non-hydrogen) atoms. The summed E-state index contributed by atoms with van der Waals surface area (Å²) in [5.41, 5.74) is 1.33. The summed E-state index contributed by atoms with van der Waals surface area (Å²) in [6.07, 6.45) is 2.93. The summed E-state index contributed by atoms with van der Waals surface area (Å²) in [5, 5.41) is 30.2. The van der Waals surface area contributed by atoms with E-state index in [4.69, 9.17) is 4.74 Å². The summed E-state index contributed by atoms with van der Waals surface area (Å²) in [6, 6.07) is 17.4. The van der Waals surface area contributed by atoms with E-state index in [1.165, 1.54) is 21.3 Å². The zero-order valence-electron chi connectivity index (χ0n) is 29.4. The molecule has 2 aromatic carbocycles. The summed E-state index contributed by atoms with van der Waals surface area (Å²) >= 11 is 1.33. The number of pyridine rings is 1. The van der Waals surface area contributed by atoms with Crippen molar-refractivity contribution in [2.75, 3.05) is 26.7 Å². The van der Waals surface area contributed by atoms with Gasteiger partial charge in [-0.1, -0.05) is 30.0 Å². The van der Waals surface area contributed by atoms with Gasteiger partial charge in [-0.2, -0.15) is 9.78 Å². The molecule has 3 amide bonds. The number of carbonyl (C=O) groups is 5. The van der Waals surface area contributed by atoms with Gasteiger partial charge in [0.05, 0.1) is 28.9 Å². The van der Waals surface area contributed by atoms with E-state index in [2.05, 4.69) is 20.7 Å². The first-order valence-corrected chi connectivity index (χ1v) is 17.4. The predicted octanol–water partition coefficient (Wildman–Crippen LogP) is 4.46. The normalized spacial score (nSPS) is 12.0. The highest BCUT2D eigenvalue weighted by molar-refractivity contribution is 7.99. The molecule has 0 fully saturated rings. The number of aliphatic hydroxyl groups excluding tert-OH is 1. The Kier molecular flexibility index (Phi) is 13.7. The molecule has 4 N–H and O–H groups in total. The number of aliphatic carboxylic acids is 1. The molecule has 0 aliphatic rings. The molecule has 14 nitrogen and oxygen atoms in total. The molecule has 0 bridgehead atoms. The van der Waals surface area contributed by atoms with Crippen molar-refractivity contribution in [2.45, 2.75) is 61.5 Å². The van der Waals surface area contributed by atoms with Crippen LogP contribution >= 0.6 is 11.8 Å². The maximum absolute atomic E-state index is 14.1. The SMILES string of the molecule is CNC(=O)c1ccccc1Sc1ccc2c(/C=C/c3ccccn3)nn(C(=O)N(CCNC(=O)[C@@H](O)CCC(=O)OC(C)(C)C)CCC(=O)O)c2c1. The quantitative estimate of drug-likeness (QED) is 0.126. The number of amides is 3. The van der Waals surface area contributed by atoms with Crippen LogP contribution in [0.15, 0.2) is 76.7 Å². The van der Waals surface area contributed by atoms with Crippen LogP contribution in [0.4, 0.5) is 4.79 Å². The van der Waals surface area contributed by atoms with Gasteiger partial charge in [0.15, 0.2) is 0 Å². The highest BCUT2D eigenvalue weighted by Gasteiger charge is 2.24. The van der Waals surface area contributed by atoms with Crippen LogP contribution in [-0.4, -0.2) is 98.0 Å². The molecule has 0 spiro atoms. The van der Waals surface area contributed by atoms with Crippen molar-refractivity contribution < 1.29 is 38.9 Å². The first-order valence-electron chi connectivity index (χ1n) is 16.5. The van der Waals surface area contributed by atoms with E-state index < -0.39 is 35.6 Å². The molecule has 2 heterocycles. The monoisotopic (exact) mass is 730 g/mol. The average Bonchev–Trinajstić information content (AvgIpc) is 3.47. The third-order valence-electron chi connectivity index (χ3n) is 7.44. The number of nitrogens with one attached hydrogen (secondary N) is 2. The summed E-state index contributed by atoms with van der Waals surface area (Å²) in [4.78, 5) is 69.8. The lowest BCUT2D eigenvalue weighted by molar-refractivity contribution is -0.155. The molecule has 0 saturated carbocycles. The zero-order chi connectivity index (χ0) is 37.8. The minimum Gasteiger partial charge on any atom is -0.481 e.